The van der Waals surface area contributed by atoms with Crippen LogP contribution in [0.1, 0.15) is 0 Å². The van der Waals surface area contributed by atoms with Crippen LogP contribution in [0.5, 0.6) is 0 Å². The van der Waals surface area contributed by atoms with Crippen LogP contribution in [-0.2, 0) is 0 Å². The maximum atomic E-state index is 8.16. The third-order valence-corrected chi connectivity index (χ3v) is 14.3. The van der Waals surface area contributed by atoms with Gasteiger partial charge in [-0.05, 0) is 0 Å². The fourth-order valence-corrected chi connectivity index (χ4v) is 11.1. The van der Waals surface area contributed by atoms with Crippen LogP contribution in [0.15, 0.2) is 140 Å². The van der Waals surface area contributed by atoms with Crippen molar-refractivity contribution in [2.75, 3.05) is 6.66 Å². The van der Waals surface area contributed by atoms with Crippen LogP contribution >= 0.6 is 17.2 Å². The summed E-state index contributed by atoms with van der Waals surface area (Å²) in [5.41, 5.74) is 2.42. The molecule has 0 unspecified atom stereocenters. The Hall–Kier alpha value is -3.70. The zero-order valence-electron chi connectivity index (χ0n) is 20.6. The minimum absolute atomic E-state index is 1.17. The summed E-state index contributed by atoms with van der Waals surface area (Å²) >= 11 is 8.16. The second kappa shape index (κ2) is 8.15. The summed E-state index contributed by atoms with van der Waals surface area (Å²) in [5.74, 6) is -3.31. The van der Waals surface area contributed by atoms with E-state index in [4.69, 9.17) is 11.2 Å². The first-order chi connectivity index (χ1) is 18.1. The normalized spacial score (nSPS) is 13.2. The van der Waals surface area contributed by atoms with E-state index in [1.54, 1.807) is 0 Å². The standard InChI is InChI=1S/C35H26ClP/c1-37(36,28-13-4-2-5-14-28,29-15-6-3-7-16-29)33-18-9-8-17-31(33)30-23-21-27-20-19-25-11-10-12-26-22-24-32(30)35(27)34(25)26/h2-24H,1H3. The number of halogens is 1. The summed E-state index contributed by atoms with van der Waals surface area (Å²) in [5, 5.41) is 11.3. The van der Waals surface area contributed by atoms with E-state index in [1.807, 2.05) is 0 Å². The fourth-order valence-electron chi connectivity index (χ4n) is 6.13. The predicted molar refractivity (Wildman–Crippen MR) is 166 cm³/mol. The molecule has 0 bridgehead atoms. The van der Waals surface area contributed by atoms with Gasteiger partial charge in [0.25, 0.3) is 0 Å². The molecule has 0 atom stereocenters. The molecular formula is C35H26ClP. The molecule has 0 aliphatic heterocycles. The Bertz CT molecular complexity index is 1850. The SMILES string of the molecule is CP(Cl)(c1ccccc1)(c1ccccc1)c1ccccc1-c1ccc2ccc3cccc4ccc1c2c34. The van der Waals surface area contributed by atoms with E-state index in [0.717, 1.165) is 0 Å². The Morgan fingerprint density at radius 1 is 0.432 bits per heavy atom. The van der Waals surface area contributed by atoms with E-state index in [9.17, 15) is 0 Å². The first-order valence-electron chi connectivity index (χ1n) is 12.7. The first kappa shape index (κ1) is 22.5. The Balaban J connectivity index is 1.60. The van der Waals surface area contributed by atoms with Crippen molar-refractivity contribution in [1.29, 1.82) is 0 Å². The van der Waals surface area contributed by atoms with Crippen molar-refractivity contribution in [3.05, 3.63) is 140 Å². The maximum absolute atomic E-state index is 8.16. The van der Waals surface area contributed by atoms with Gasteiger partial charge in [0.05, 0.1) is 0 Å². The second-order valence-corrected chi connectivity index (χ2v) is 17.0. The molecule has 0 nitrogen and oxygen atoms in total. The van der Waals surface area contributed by atoms with Gasteiger partial charge in [0.15, 0.2) is 0 Å². The first-order valence-corrected chi connectivity index (χ1v) is 16.3. The van der Waals surface area contributed by atoms with Crippen molar-refractivity contribution in [1.82, 2.24) is 0 Å². The molecule has 0 N–H and O–H groups in total. The van der Waals surface area contributed by atoms with Gasteiger partial charge in [-0.25, -0.2) is 0 Å². The Morgan fingerprint density at radius 3 is 1.59 bits per heavy atom. The van der Waals surface area contributed by atoms with Crippen LogP contribution in [0, 0.1) is 0 Å². The summed E-state index contributed by atoms with van der Waals surface area (Å²) in [6, 6.07) is 50.2. The summed E-state index contributed by atoms with van der Waals surface area (Å²) in [4.78, 5) is 0. The van der Waals surface area contributed by atoms with Crippen LogP contribution in [0.2, 0.25) is 0 Å². The van der Waals surface area contributed by atoms with Gasteiger partial charge in [-0.1, -0.05) is 0 Å². The molecule has 0 aromatic heterocycles. The van der Waals surface area contributed by atoms with Gasteiger partial charge in [-0.2, -0.15) is 0 Å². The van der Waals surface area contributed by atoms with Crippen molar-refractivity contribution in [2.24, 2.45) is 0 Å². The van der Waals surface area contributed by atoms with E-state index in [-0.39, 0.29) is 0 Å². The molecule has 7 aromatic rings. The van der Waals surface area contributed by atoms with E-state index in [0.29, 0.717) is 0 Å². The summed E-state index contributed by atoms with van der Waals surface area (Å²) < 4.78 is 0. The average molecular weight is 513 g/mol. The Morgan fingerprint density at radius 2 is 0.946 bits per heavy atom. The van der Waals surface area contributed by atoms with Crippen LogP contribution < -0.4 is 15.9 Å². The summed E-state index contributed by atoms with van der Waals surface area (Å²) in [6.07, 6.45) is 0. The van der Waals surface area contributed by atoms with Crippen molar-refractivity contribution >= 4 is 65.4 Å². The van der Waals surface area contributed by atoms with Crippen LogP contribution in [-0.4, -0.2) is 6.66 Å². The van der Waals surface area contributed by atoms with Crippen LogP contribution in [0.25, 0.3) is 43.4 Å². The van der Waals surface area contributed by atoms with Gasteiger partial charge >= 0.3 is 223 Å². The molecule has 0 aliphatic rings. The number of hydrogen-bond acceptors (Lipinski definition) is 0. The molecule has 7 rings (SSSR count). The van der Waals surface area contributed by atoms with E-state index >= 15 is 0 Å². The molecule has 178 valence electrons. The van der Waals surface area contributed by atoms with Gasteiger partial charge in [0.1, 0.15) is 0 Å². The molecular weight excluding hydrogens is 487 g/mol. The number of hydrogen-bond donors (Lipinski definition) is 0. The fraction of sp³-hybridized carbons (Fsp3) is 0.0286. The Kier molecular flexibility index (Phi) is 4.96. The van der Waals surface area contributed by atoms with Crippen molar-refractivity contribution < 1.29 is 0 Å². The van der Waals surface area contributed by atoms with Crippen LogP contribution in [0.4, 0.5) is 0 Å². The molecule has 0 aliphatic carbocycles. The van der Waals surface area contributed by atoms with Crippen molar-refractivity contribution in [3.8, 4) is 11.1 Å². The van der Waals surface area contributed by atoms with Gasteiger partial charge in [-0.15, -0.1) is 0 Å². The predicted octanol–water partition coefficient (Wildman–Crippen LogP) is 8.86. The molecule has 7 aromatic carbocycles. The molecule has 37 heavy (non-hydrogen) atoms. The van der Waals surface area contributed by atoms with Crippen molar-refractivity contribution in [3.63, 3.8) is 0 Å². The zero-order valence-corrected chi connectivity index (χ0v) is 22.3. The van der Waals surface area contributed by atoms with E-state index in [2.05, 4.69) is 146 Å². The Labute approximate surface area is 222 Å². The number of rotatable bonds is 4. The minimum atomic E-state index is -3.31. The monoisotopic (exact) mass is 512 g/mol. The van der Waals surface area contributed by atoms with Crippen LogP contribution in [0.3, 0.4) is 0 Å². The molecule has 0 radical (unpaired) electrons. The molecule has 2 heteroatoms. The van der Waals surface area contributed by atoms with Gasteiger partial charge in [0, 0.05) is 0 Å². The molecule has 0 amide bonds. The molecule has 0 saturated heterocycles. The van der Waals surface area contributed by atoms with E-state index in [1.165, 1.54) is 59.4 Å². The average Bonchev–Trinajstić information content (AvgIpc) is 2.97. The van der Waals surface area contributed by atoms with E-state index < -0.39 is 5.96 Å². The van der Waals surface area contributed by atoms with Gasteiger partial charge in [-0.3, -0.25) is 0 Å². The topological polar surface area (TPSA) is 0 Å². The third kappa shape index (κ3) is 3.20. The number of benzene rings is 7. The summed E-state index contributed by atoms with van der Waals surface area (Å²) in [7, 11) is 0. The molecule has 0 spiro atoms. The van der Waals surface area contributed by atoms with Crippen molar-refractivity contribution in [2.45, 2.75) is 0 Å². The van der Waals surface area contributed by atoms with Gasteiger partial charge in [0.2, 0.25) is 0 Å². The third-order valence-electron chi connectivity index (χ3n) is 8.04. The second-order valence-electron chi connectivity index (χ2n) is 10.1. The zero-order chi connectivity index (χ0) is 25.1. The summed E-state index contributed by atoms with van der Waals surface area (Å²) in [6.45, 7) is 2.28. The van der Waals surface area contributed by atoms with Gasteiger partial charge < -0.3 is 0 Å². The quantitative estimate of drug-likeness (QED) is 0.163. The molecule has 0 heterocycles. The molecule has 0 saturated carbocycles. The molecule has 0 fully saturated rings.